The molecule has 78 valence electrons. The number of primary amides is 1. The first kappa shape index (κ1) is 11.5. The largest absolute Gasteiger partial charge is 0.364 e. The smallest absolute Gasteiger partial charge is 0.281 e. The van der Waals surface area contributed by atoms with E-state index in [2.05, 4.69) is 20.9 Å². The standard InChI is InChI=1S/C8H4BrF2N3O/c9-4-1-5(8(13)15)14-6(7(10)11)3(4)2-12/h1,7H,(H2,13,15). The number of carbonyl (C=O) groups excluding carboxylic acids is 1. The lowest BCUT2D eigenvalue weighted by Gasteiger charge is -2.05. The molecule has 1 aromatic rings. The second-order valence-electron chi connectivity index (χ2n) is 2.53. The van der Waals surface area contributed by atoms with Crippen LogP contribution in [0.25, 0.3) is 0 Å². The van der Waals surface area contributed by atoms with E-state index in [0.717, 1.165) is 6.07 Å². The summed E-state index contributed by atoms with van der Waals surface area (Å²) in [6.45, 7) is 0. The zero-order chi connectivity index (χ0) is 11.6. The highest BCUT2D eigenvalue weighted by molar-refractivity contribution is 9.10. The number of hydrogen-bond donors (Lipinski definition) is 1. The number of carbonyl (C=O) groups is 1. The summed E-state index contributed by atoms with van der Waals surface area (Å²) >= 11 is 2.89. The molecule has 0 bridgehead atoms. The van der Waals surface area contributed by atoms with Gasteiger partial charge >= 0.3 is 0 Å². The van der Waals surface area contributed by atoms with Crippen LogP contribution in [0.1, 0.15) is 28.2 Å². The Morgan fingerprint density at radius 2 is 2.27 bits per heavy atom. The molecule has 4 nitrogen and oxygen atoms in total. The molecule has 1 amide bonds. The first-order valence-electron chi connectivity index (χ1n) is 3.66. The third-order valence-electron chi connectivity index (χ3n) is 1.57. The van der Waals surface area contributed by atoms with Crippen molar-refractivity contribution >= 4 is 21.8 Å². The Morgan fingerprint density at radius 1 is 1.67 bits per heavy atom. The first-order valence-corrected chi connectivity index (χ1v) is 4.45. The second kappa shape index (κ2) is 4.31. The van der Waals surface area contributed by atoms with Gasteiger partial charge in [0.05, 0.1) is 5.56 Å². The number of nitrogens with zero attached hydrogens (tertiary/aromatic N) is 2. The van der Waals surface area contributed by atoms with E-state index in [9.17, 15) is 13.6 Å². The lowest BCUT2D eigenvalue weighted by Crippen LogP contribution is -2.15. The van der Waals surface area contributed by atoms with E-state index in [4.69, 9.17) is 11.0 Å². The second-order valence-corrected chi connectivity index (χ2v) is 3.38. The number of aromatic nitrogens is 1. The molecule has 0 aliphatic rings. The molecule has 0 aliphatic carbocycles. The summed E-state index contributed by atoms with van der Waals surface area (Å²) in [5.41, 5.74) is 3.54. The Kier molecular flexibility index (Phi) is 3.31. The van der Waals surface area contributed by atoms with Gasteiger partial charge in [0.2, 0.25) is 0 Å². The Bertz CT molecular complexity index is 456. The predicted molar refractivity (Wildman–Crippen MR) is 50.1 cm³/mol. The molecule has 2 N–H and O–H groups in total. The van der Waals surface area contributed by atoms with Crippen molar-refractivity contribution in [2.45, 2.75) is 6.43 Å². The highest BCUT2D eigenvalue weighted by Crippen LogP contribution is 2.27. The van der Waals surface area contributed by atoms with Gasteiger partial charge in [0.15, 0.2) is 0 Å². The van der Waals surface area contributed by atoms with Gasteiger partial charge in [-0.05, 0) is 22.0 Å². The van der Waals surface area contributed by atoms with E-state index in [-0.39, 0.29) is 15.7 Å². The van der Waals surface area contributed by atoms with Crippen molar-refractivity contribution in [1.82, 2.24) is 4.98 Å². The molecule has 0 fully saturated rings. The molecule has 1 rings (SSSR count). The Morgan fingerprint density at radius 3 is 2.67 bits per heavy atom. The fourth-order valence-electron chi connectivity index (χ4n) is 0.927. The number of nitriles is 1. The fourth-order valence-corrected chi connectivity index (χ4v) is 1.44. The maximum Gasteiger partial charge on any atom is 0.281 e. The molecule has 0 aromatic carbocycles. The Balaban J connectivity index is 3.47. The van der Waals surface area contributed by atoms with Gasteiger partial charge in [0.1, 0.15) is 17.5 Å². The van der Waals surface area contributed by atoms with Crippen LogP contribution >= 0.6 is 15.9 Å². The zero-order valence-corrected chi connectivity index (χ0v) is 8.75. The number of halogens is 3. The van der Waals surface area contributed by atoms with Crippen molar-refractivity contribution in [1.29, 1.82) is 5.26 Å². The van der Waals surface area contributed by atoms with E-state index in [1.54, 1.807) is 6.07 Å². The lowest BCUT2D eigenvalue weighted by molar-refractivity contribution is 0.0993. The molecular weight excluding hydrogens is 272 g/mol. The minimum atomic E-state index is -2.93. The van der Waals surface area contributed by atoms with Crippen molar-refractivity contribution in [2.75, 3.05) is 0 Å². The van der Waals surface area contributed by atoms with E-state index in [0.29, 0.717) is 0 Å². The number of amides is 1. The Labute approximate surface area is 91.8 Å². The molecular formula is C8H4BrF2N3O. The van der Waals surface area contributed by atoms with E-state index >= 15 is 0 Å². The fraction of sp³-hybridized carbons (Fsp3) is 0.125. The third kappa shape index (κ3) is 2.27. The van der Waals surface area contributed by atoms with E-state index in [1.807, 2.05) is 0 Å². The van der Waals surface area contributed by atoms with Crippen LogP contribution in [-0.2, 0) is 0 Å². The average Bonchev–Trinajstić information content (AvgIpc) is 2.16. The van der Waals surface area contributed by atoms with Gasteiger partial charge in [-0.25, -0.2) is 13.8 Å². The number of pyridine rings is 1. The van der Waals surface area contributed by atoms with Crippen LogP contribution in [0.2, 0.25) is 0 Å². The van der Waals surface area contributed by atoms with Gasteiger partial charge in [-0.3, -0.25) is 4.79 Å². The maximum atomic E-state index is 12.5. The first-order chi connectivity index (χ1) is 6.97. The Hall–Kier alpha value is -1.55. The third-order valence-corrected chi connectivity index (χ3v) is 2.20. The SMILES string of the molecule is N#Cc1c(Br)cc(C(N)=O)nc1C(F)F. The van der Waals surface area contributed by atoms with Crippen LogP contribution < -0.4 is 5.73 Å². The van der Waals surface area contributed by atoms with Crippen molar-refractivity contribution < 1.29 is 13.6 Å². The number of hydrogen-bond acceptors (Lipinski definition) is 3. The number of nitrogens with two attached hydrogens (primary N) is 1. The summed E-state index contributed by atoms with van der Waals surface area (Å²) in [6, 6.07) is 2.70. The minimum Gasteiger partial charge on any atom is -0.364 e. The number of rotatable bonds is 2. The van der Waals surface area contributed by atoms with Gasteiger partial charge < -0.3 is 5.73 Å². The monoisotopic (exact) mass is 275 g/mol. The normalized spacial score (nSPS) is 10.1. The van der Waals surface area contributed by atoms with Gasteiger partial charge in [-0.1, -0.05) is 0 Å². The molecule has 7 heteroatoms. The topological polar surface area (TPSA) is 79.8 Å². The van der Waals surface area contributed by atoms with Crippen LogP contribution in [0.5, 0.6) is 0 Å². The van der Waals surface area contributed by atoms with Crippen molar-refractivity contribution in [3.8, 4) is 6.07 Å². The highest BCUT2D eigenvalue weighted by atomic mass is 79.9. The van der Waals surface area contributed by atoms with E-state index < -0.39 is 18.0 Å². The minimum absolute atomic E-state index is 0.0732. The molecule has 1 heterocycles. The van der Waals surface area contributed by atoms with Crippen molar-refractivity contribution in [3.63, 3.8) is 0 Å². The van der Waals surface area contributed by atoms with Crippen LogP contribution in [0, 0.1) is 11.3 Å². The molecule has 0 unspecified atom stereocenters. The summed E-state index contributed by atoms with van der Waals surface area (Å²) in [5.74, 6) is -0.929. The van der Waals surface area contributed by atoms with Gasteiger partial charge in [-0.15, -0.1) is 0 Å². The molecule has 0 spiro atoms. The average molecular weight is 276 g/mol. The summed E-state index contributed by atoms with van der Waals surface area (Å²) in [6.07, 6.45) is -2.93. The molecule has 0 saturated carbocycles. The molecule has 0 aliphatic heterocycles. The van der Waals surface area contributed by atoms with Crippen LogP contribution in [-0.4, -0.2) is 10.9 Å². The zero-order valence-electron chi connectivity index (χ0n) is 7.17. The van der Waals surface area contributed by atoms with Gasteiger partial charge in [0, 0.05) is 4.47 Å². The van der Waals surface area contributed by atoms with E-state index in [1.165, 1.54) is 0 Å². The molecule has 15 heavy (non-hydrogen) atoms. The molecule has 0 saturated heterocycles. The summed E-state index contributed by atoms with van der Waals surface area (Å²) < 4.78 is 25.0. The van der Waals surface area contributed by atoms with Gasteiger partial charge in [0.25, 0.3) is 12.3 Å². The molecule has 1 aromatic heterocycles. The summed E-state index contributed by atoms with van der Waals surface area (Å²) in [5, 5.41) is 8.61. The van der Waals surface area contributed by atoms with Crippen molar-refractivity contribution in [2.24, 2.45) is 5.73 Å². The maximum absolute atomic E-state index is 12.5. The van der Waals surface area contributed by atoms with Crippen LogP contribution in [0.3, 0.4) is 0 Å². The number of alkyl halides is 2. The molecule has 0 radical (unpaired) electrons. The predicted octanol–water partition coefficient (Wildman–Crippen LogP) is 1.75. The van der Waals surface area contributed by atoms with Crippen molar-refractivity contribution in [3.05, 3.63) is 27.5 Å². The lowest BCUT2D eigenvalue weighted by atomic mass is 10.2. The van der Waals surface area contributed by atoms with Gasteiger partial charge in [-0.2, -0.15) is 5.26 Å². The summed E-state index contributed by atoms with van der Waals surface area (Å²) in [7, 11) is 0. The van der Waals surface area contributed by atoms with Crippen LogP contribution in [0.15, 0.2) is 10.5 Å². The highest BCUT2D eigenvalue weighted by Gasteiger charge is 2.20. The summed E-state index contributed by atoms with van der Waals surface area (Å²) in [4.78, 5) is 14.1. The molecule has 0 atom stereocenters. The van der Waals surface area contributed by atoms with Crippen LogP contribution in [0.4, 0.5) is 8.78 Å². The quantitative estimate of drug-likeness (QED) is 0.893.